The number of nitrogens with one attached hydrogen (secondary N) is 1. The number of hydrogen-bond donors (Lipinski definition) is 1. The molecule has 0 spiro atoms. The summed E-state index contributed by atoms with van der Waals surface area (Å²) in [6.07, 6.45) is 5.22. The minimum atomic E-state index is 0.748. The van der Waals surface area contributed by atoms with Crippen LogP contribution in [0.5, 0.6) is 0 Å². The predicted molar refractivity (Wildman–Crippen MR) is 75.5 cm³/mol. The molecule has 0 amide bonds. The molecular formula is C14H14N6. The van der Waals surface area contributed by atoms with Gasteiger partial charge in [-0.15, -0.1) is 5.10 Å². The number of benzene rings is 1. The van der Waals surface area contributed by atoms with Gasteiger partial charge in [-0.1, -0.05) is 6.07 Å². The molecule has 0 radical (unpaired) electrons. The molecule has 0 aliphatic carbocycles. The van der Waals surface area contributed by atoms with Gasteiger partial charge in [-0.3, -0.25) is 4.98 Å². The first-order valence-corrected chi connectivity index (χ1v) is 6.30. The first-order valence-electron chi connectivity index (χ1n) is 6.30. The molecule has 3 aromatic rings. The van der Waals surface area contributed by atoms with Gasteiger partial charge in [-0.25, -0.2) is 4.68 Å². The first-order chi connectivity index (χ1) is 9.83. The van der Waals surface area contributed by atoms with E-state index in [0.717, 1.165) is 29.0 Å². The summed E-state index contributed by atoms with van der Waals surface area (Å²) >= 11 is 0. The van der Waals surface area contributed by atoms with Gasteiger partial charge in [0.25, 0.3) is 0 Å². The normalized spacial score (nSPS) is 10.4. The Kier molecular flexibility index (Phi) is 3.36. The number of pyridine rings is 1. The van der Waals surface area contributed by atoms with E-state index in [1.54, 1.807) is 17.2 Å². The summed E-state index contributed by atoms with van der Waals surface area (Å²) in [6.45, 7) is 2.78. The van der Waals surface area contributed by atoms with Crippen molar-refractivity contribution in [2.45, 2.75) is 13.5 Å². The van der Waals surface area contributed by atoms with Gasteiger partial charge in [-0.2, -0.15) is 0 Å². The minimum absolute atomic E-state index is 0.748. The second-order valence-electron chi connectivity index (χ2n) is 4.47. The Hall–Kier alpha value is -2.76. The Labute approximate surface area is 116 Å². The summed E-state index contributed by atoms with van der Waals surface area (Å²) in [5.41, 5.74) is 4.29. The number of hydrogen-bond acceptors (Lipinski definition) is 5. The fourth-order valence-corrected chi connectivity index (χ4v) is 2.00. The molecule has 0 aliphatic rings. The van der Waals surface area contributed by atoms with Crippen LogP contribution in [0.1, 0.15) is 11.1 Å². The summed E-state index contributed by atoms with van der Waals surface area (Å²) in [5, 5.41) is 14.6. The summed E-state index contributed by atoms with van der Waals surface area (Å²) in [6, 6.07) is 10.1. The summed E-state index contributed by atoms with van der Waals surface area (Å²) in [7, 11) is 0. The summed E-state index contributed by atoms with van der Waals surface area (Å²) in [4.78, 5) is 4.10. The maximum absolute atomic E-state index is 4.10. The maximum atomic E-state index is 4.10. The van der Waals surface area contributed by atoms with Crippen molar-refractivity contribution in [3.8, 4) is 5.69 Å². The fraction of sp³-hybridized carbons (Fsp3) is 0.143. The lowest BCUT2D eigenvalue weighted by Crippen LogP contribution is -2.02. The molecule has 0 aliphatic heterocycles. The molecular weight excluding hydrogens is 252 g/mol. The standard InChI is InChI=1S/C14H14N6/c1-11-7-13(16-9-12-3-2-6-15-8-12)4-5-14(11)20-10-17-18-19-20/h2-8,10,16H,9H2,1H3. The molecule has 1 N–H and O–H groups in total. The van der Waals surface area contributed by atoms with Crippen LogP contribution >= 0.6 is 0 Å². The molecule has 0 saturated heterocycles. The highest BCUT2D eigenvalue weighted by atomic mass is 15.5. The Balaban J connectivity index is 1.74. The van der Waals surface area contributed by atoms with Crippen molar-refractivity contribution in [2.75, 3.05) is 5.32 Å². The van der Waals surface area contributed by atoms with Crippen molar-refractivity contribution in [2.24, 2.45) is 0 Å². The van der Waals surface area contributed by atoms with Gasteiger partial charge >= 0.3 is 0 Å². The lowest BCUT2D eigenvalue weighted by molar-refractivity contribution is 0.785. The second-order valence-corrected chi connectivity index (χ2v) is 4.47. The zero-order chi connectivity index (χ0) is 13.8. The molecule has 6 nitrogen and oxygen atoms in total. The number of aromatic nitrogens is 5. The van der Waals surface area contributed by atoms with E-state index in [9.17, 15) is 0 Å². The van der Waals surface area contributed by atoms with E-state index in [1.165, 1.54) is 0 Å². The largest absolute Gasteiger partial charge is 0.381 e. The highest BCUT2D eigenvalue weighted by Gasteiger charge is 2.03. The van der Waals surface area contributed by atoms with Crippen LogP contribution in [0.4, 0.5) is 5.69 Å². The maximum Gasteiger partial charge on any atom is 0.143 e. The third-order valence-corrected chi connectivity index (χ3v) is 3.01. The second kappa shape index (κ2) is 5.48. The average Bonchev–Trinajstić information content (AvgIpc) is 3.00. The van der Waals surface area contributed by atoms with Crippen LogP contribution in [0.25, 0.3) is 5.69 Å². The molecule has 0 fully saturated rings. The van der Waals surface area contributed by atoms with Crippen LogP contribution in [0, 0.1) is 6.92 Å². The van der Waals surface area contributed by atoms with Crippen molar-refractivity contribution in [1.82, 2.24) is 25.2 Å². The zero-order valence-electron chi connectivity index (χ0n) is 11.1. The molecule has 20 heavy (non-hydrogen) atoms. The quantitative estimate of drug-likeness (QED) is 0.782. The van der Waals surface area contributed by atoms with Crippen LogP contribution < -0.4 is 5.32 Å². The number of aryl methyl sites for hydroxylation is 1. The molecule has 2 aromatic heterocycles. The van der Waals surface area contributed by atoms with Crippen LogP contribution in [-0.4, -0.2) is 25.2 Å². The van der Waals surface area contributed by atoms with E-state index >= 15 is 0 Å². The van der Waals surface area contributed by atoms with Gasteiger partial charge in [0.1, 0.15) is 6.33 Å². The molecule has 0 saturated carbocycles. The topological polar surface area (TPSA) is 68.5 Å². The van der Waals surface area contributed by atoms with E-state index in [-0.39, 0.29) is 0 Å². The highest BCUT2D eigenvalue weighted by molar-refractivity contribution is 5.53. The van der Waals surface area contributed by atoms with E-state index < -0.39 is 0 Å². The van der Waals surface area contributed by atoms with Crippen LogP contribution in [0.2, 0.25) is 0 Å². The van der Waals surface area contributed by atoms with Crippen molar-refractivity contribution in [3.63, 3.8) is 0 Å². The van der Waals surface area contributed by atoms with Gasteiger partial charge in [-0.05, 0) is 52.7 Å². The van der Waals surface area contributed by atoms with E-state index in [4.69, 9.17) is 0 Å². The monoisotopic (exact) mass is 266 g/mol. The first kappa shape index (κ1) is 12.3. The van der Waals surface area contributed by atoms with E-state index in [0.29, 0.717) is 0 Å². The molecule has 6 heteroatoms. The molecule has 1 aromatic carbocycles. The van der Waals surface area contributed by atoms with Crippen LogP contribution in [0.3, 0.4) is 0 Å². The van der Waals surface area contributed by atoms with Crippen molar-refractivity contribution in [1.29, 1.82) is 0 Å². The lowest BCUT2D eigenvalue weighted by atomic mass is 10.1. The van der Waals surface area contributed by atoms with Gasteiger partial charge in [0.05, 0.1) is 5.69 Å². The molecule has 0 atom stereocenters. The fourth-order valence-electron chi connectivity index (χ4n) is 2.00. The van der Waals surface area contributed by atoms with Gasteiger partial charge in [0.15, 0.2) is 0 Å². The third kappa shape index (κ3) is 2.64. The Morgan fingerprint density at radius 2 is 2.20 bits per heavy atom. The zero-order valence-corrected chi connectivity index (χ0v) is 11.1. The van der Waals surface area contributed by atoms with Crippen molar-refractivity contribution < 1.29 is 0 Å². The summed E-state index contributed by atoms with van der Waals surface area (Å²) < 4.78 is 1.65. The van der Waals surface area contributed by atoms with Gasteiger partial charge in [0, 0.05) is 24.6 Å². The number of rotatable bonds is 4. The molecule has 0 unspecified atom stereocenters. The highest BCUT2D eigenvalue weighted by Crippen LogP contribution is 2.18. The third-order valence-electron chi connectivity index (χ3n) is 3.01. The van der Waals surface area contributed by atoms with Crippen LogP contribution in [0.15, 0.2) is 49.1 Å². The summed E-state index contributed by atoms with van der Waals surface area (Å²) in [5.74, 6) is 0. The van der Waals surface area contributed by atoms with E-state index in [1.807, 2.05) is 37.4 Å². The van der Waals surface area contributed by atoms with Gasteiger partial charge < -0.3 is 5.32 Å². The average molecular weight is 266 g/mol. The number of nitrogens with zero attached hydrogens (tertiary/aromatic N) is 5. The Morgan fingerprint density at radius 1 is 1.25 bits per heavy atom. The number of tetrazole rings is 1. The van der Waals surface area contributed by atoms with Crippen molar-refractivity contribution >= 4 is 5.69 Å². The molecule has 100 valence electrons. The number of anilines is 1. The smallest absolute Gasteiger partial charge is 0.143 e. The molecule has 2 heterocycles. The molecule has 3 rings (SSSR count). The van der Waals surface area contributed by atoms with Crippen molar-refractivity contribution in [3.05, 3.63) is 60.2 Å². The minimum Gasteiger partial charge on any atom is -0.381 e. The Bertz CT molecular complexity index is 678. The lowest BCUT2D eigenvalue weighted by Gasteiger charge is -2.10. The van der Waals surface area contributed by atoms with E-state index in [2.05, 4.69) is 31.9 Å². The predicted octanol–water partition coefficient (Wildman–Crippen LogP) is 1.98. The molecule has 0 bridgehead atoms. The Morgan fingerprint density at radius 3 is 2.90 bits per heavy atom. The SMILES string of the molecule is Cc1cc(NCc2cccnc2)ccc1-n1cnnn1. The van der Waals surface area contributed by atoms with Gasteiger partial charge in [0.2, 0.25) is 0 Å². The van der Waals surface area contributed by atoms with Crippen LogP contribution in [-0.2, 0) is 6.54 Å².